The molecule has 0 saturated carbocycles. The van der Waals surface area contributed by atoms with Crippen molar-refractivity contribution < 1.29 is 28.9 Å². The van der Waals surface area contributed by atoms with Crippen molar-refractivity contribution in [3.8, 4) is 0 Å². The average Bonchev–Trinajstić information content (AvgIpc) is 2.84. The predicted molar refractivity (Wildman–Crippen MR) is 89.0 cm³/mol. The molecule has 1 saturated heterocycles. The molecule has 4 atom stereocenters. The third kappa shape index (κ3) is 3.78. The van der Waals surface area contributed by atoms with Gasteiger partial charge in [0.1, 0.15) is 12.2 Å². The predicted octanol–water partition coefficient (Wildman–Crippen LogP) is -0.0366. The highest BCUT2D eigenvalue weighted by Gasteiger charge is 2.57. The number of hydrogen-bond acceptors (Lipinski definition) is 7. The summed E-state index contributed by atoms with van der Waals surface area (Å²) in [5.74, 6) is -3.90. The first kappa shape index (κ1) is 19.2. The first-order valence-electron chi connectivity index (χ1n) is 7.68. The highest BCUT2D eigenvalue weighted by Crippen LogP contribution is 2.38. The number of nitrogens with one attached hydrogen (secondary N) is 1. The summed E-state index contributed by atoms with van der Waals surface area (Å²) in [6, 6.07) is 6.68. The third-order valence-corrected chi connectivity index (χ3v) is 4.19. The minimum absolute atomic E-state index is 0.0486. The molecule has 0 amide bonds. The molecule has 1 aliphatic rings. The molecule has 3 N–H and O–H groups in total. The van der Waals surface area contributed by atoms with E-state index in [1.807, 2.05) is 4.98 Å². The lowest BCUT2D eigenvalue weighted by atomic mass is 10.1. The molecule has 27 heavy (non-hydrogen) atoms. The highest BCUT2D eigenvalue weighted by atomic mass is 35.5. The topological polar surface area (TPSA) is 131 Å². The van der Waals surface area contributed by atoms with E-state index in [4.69, 9.17) is 21.1 Å². The Labute approximate surface area is 155 Å². The Hall–Kier alpha value is -2.53. The van der Waals surface area contributed by atoms with E-state index < -0.39 is 48.1 Å². The van der Waals surface area contributed by atoms with E-state index in [1.165, 1.54) is 24.3 Å². The normalized spacial score (nSPS) is 27.5. The van der Waals surface area contributed by atoms with Crippen molar-refractivity contribution >= 4 is 17.6 Å². The number of H-pyrrole nitrogens is 1. The number of ether oxygens (including phenoxy) is 2. The molecule has 0 radical (unpaired) electrons. The van der Waals surface area contributed by atoms with Crippen molar-refractivity contribution in [2.45, 2.75) is 24.3 Å². The molecule has 2 heterocycles. The van der Waals surface area contributed by atoms with Gasteiger partial charge in [0.2, 0.25) is 0 Å². The maximum atomic E-state index is 14.9. The Balaban J connectivity index is 1.76. The Bertz CT molecular complexity index is 977. The molecule has 144 valence electrons. The van der Waals surface area contributed by atoms with Gasteiger partial charge in [-0.1, -0.05) is 17.7 Å². The van der Waals surface area contributed by atoms with E-state index in [0.29, 0.717) is 4.57 Å². The number of hydrogen-bond donors (Lipinski definition) is 3. The summed E-state index contributed by atoms with van der Waals surface area (Å²) in [4.78, 5) is 36.8. The van der Waals surface area contributed by atoms with Gasteiger partial charge in [0, 0.05) is 17.3 Å². The van der Waals surface area contributed by atoms with E-state index in [1.54, 1.807) is 0 Å². The molecule has 1 aromatic carbocycles. The second-order valence-corrected chi connectivity index (χ2v) is 6.27. The summed E-state index contributed by atoms with van der Waals surface area (Å²) < 4.78 is 25.4. The molecule has 9 nitrogen and oxygen atoms in total. The van der Waals surface area contributed by atoms with Crippen molar-refractivity contribution in [3.05, 3.63) is 68.0 Å². The van der Waals surface area contributed by atoms with E-state index in [2.05, 4.69) is 0 Å². The zero-order chi connectivity index (χ0) is 19.8. The fourth-order valence-electron chi connectivity index (χ4n) is 2.58. The Kier molecular flexibility index (Phi) is 5.16. The van der Waals surface area contributed by atoms with Gasteiger partial charge in [-0.2, -0.15) is 0 Å². The number of aromatic amines is 1. The van der Waals surface area contributed by atoms with Crippen molar-refractivity contribution in [2.24, 2.45) is 0 Å². The van der Waals surface area contributed by atoms with E-state index >= 15 is 0 Å². The van der Waals surface area contributed by atoms with Crippen LogP contribution >= 0.6 is 11.6 Å². The van der Waals surface area contributed by atoms with Crippen LogP contribution in [0.5, 0.6) is 0 Å². The molecule has 11 heteroatoms. The van der Waals surface area contributed by atoms with Crippen LogP contribution in [-0.2, 0) is 9.47 Å². The summed E-state index contributed by atoms with van der Waals surface area (Å²) in [6.45, 7) is -1.05. The lowest BCUT2D eigenvalue weighted by Crippen LogP contribution is -2.43. The number of esters is 1. The number of carbonyl (C=O) groups excluding carboxylic acids is 1. The molecular formula is C16H14ClFN2O7. The highest BCUT2D eigenvalue weighted by molar-refractivity contribution is 6.30. The van der Waals surface area contributed by atoms with Crippen LogP contribution in [0.25, 0.3) is 0 Å². The van der Waals surface area contributed by atoms with Crippen LogP contribution in [0, 0.1) is 0 Å². The molecule has 0 bridgehead atoms. The van der Waals surface area contributed by atoms with E-state index in [9.17, 15) is 29.0 Å². The number of aromatic nitrogens is 2. The van der Waals surface area contributed by atoms with Gasteiger partial charge in [-0.3, -0.25) is 14.3 Å². The van der Waals surface area contributed by atoms with Gasteiger partial charge in [0.05, 0.1) is 5.56 Å². The van der Waals surface area contributed by atoms with Gasteiger partial charge in [-0.25, -0.2) is 14.0 Å². The number of rotatable bonds is 4. The zero-order valence-corrected chi connectivity index (χ0v) is 14.3. The molecule has 3 rings (SSSR count). The molecule has 1 aromatic heterocycles. The van der Waals surface area contributed by atoms with Crippen LogP contribution in [0.2, 0.25) is 5.02 Å². The third-order valence-electron chi connectivity index (χ3n) is 3.96. The molecule has 1 fully saturated rings. The summed E-state index contributed by atoms with van der Waals surface area (Å²) in [7, 11) is 0. The number of aliphatic hydroxyl groups excluding tert-OH is 2. The SMILES string of the molecule is O=C(OC[C@@]1(F)O[C@@H](n2ccc(=O)[nH]c2=O)[C@H](O)[C@@H]1O)c1cccc(Cl)c1. The van der Waals surface area contributed by atoms with Crippen LogP contribution in [-0.4, -0.2) is 50.4 Å². The smallest absolute Gasteiger partial charge is 0.338 e. The fraction of sp³-hybridized carbons (Fsp3) is 0.312. The summed E-state index contributed by atoms with van der Waals surface area (Å²) in [5, 5.41) is 20.3. The zero-order valence-electron chi connectivity index (χ0n) is 13.5. The standard InChI is InChI=1S/C16H14ClFN2O7/c17-9-3-1-2-8(6-9)14(24)26-7-16(18)12(23)11(22)13(27-16)20-5-4-10(21)19-15(20)25/h1-6,11-13,22-23H,7H2,(H,19,21,25)/t11-,12+,13-,16-/m1/s1. The second-order valence-electron chi connectivity index (χ2n) is 5.83. The van der Waals surface area contributed by atoms with Gasteiger partial charge < -0.3 is 19.7 Å². The Morgan fingerprint density at radius 1 is 1.37 bits per heavy atom. The monoisotopic (exact) mass is 400 g/mol. The van der Waals surface area contributed by atoms with Crippen LogP contribution in [0.1, 0.15) is 16.6 Å². The number of halogens is 2. The summed E-state index contributed by atoms with van der Waals surface area (Å²) in [5.41, 5.74) is -1.63. The number of aliphatic hydroxyl groups is 2. The van der Waals surface area contributed by atoms with Gasteiger partial charge in [-0.05, 0) is 18.2 Å². The summed E-state index contributed by atoms with van der Waals surface area (Å²) >= 11 is 5.76. The first-order chi connectivity index (χ1) is 12.7. The molecule has 0 aliphatic carbocycles. The van der Waals surface area contributed by atoms with E-state index in [0.717, 1.165) is 12.3 Å². The fourth-order valence-corrected chi connectivity index (χ4v) is 2.77. The van der Waals surface area contributed by atoms with Crippen molar-refractivity contribution in [1.29, 1.82) is 0 Å². The molecule has 2 aromatic rings. The number of alkyl halides is 1. The minimum atomic E-state index is -2.98. The van der Waals surface area contributed by atoms with Crippen molar-refractivity contribution in [3.63, 3.8) is 0 Å². The number of benzene rings is 1. The molecule has 0 spiro atoms. The molecule has 1 aliphatic heterocycles. The lowest BCUT2D eigenvalue weighted by Gasteiger charge is -2.22. The number of nitrogens with zero attached hydrogens (tertiary/aromatic N) is 1. The van der Waals surface area contributed by atoms with Crippen LogP contribution in [0.4, 0.5) is 4.39 Å². The van der Waals surface area contributed by atoms with Gasteiger partial charge in [-0.15, -0.1) is 0 Å². The number of carbonyl (C=O) groups is 1. The van der Waals surface area contributed by atoms with Crippen LogP contribution in [0.15, 0.2) is 46.1 Å². The maximum Gasteiger partial charge on any atom is 0.338 e. The first-order valence-corrected chi connectivity index (χ1v) is 8.06. The van der Waals surface area contributed by atoms with E-state index in [-0.39, 0.29) is 10.6 Å². The minimum Gasteiger partial charge on any atom is -0.456 e. The van der Waals surface area contributed by atoms with Crippen LogP contribution in [0.3, 0.4) is 0 Å². The Morgan fingerprint density at radius 3 is 2.78 bits per heavy atom. The Morgan fingerprint density at radius 2 is 2.11 bits per heavy atom. The van der Waals surface area contributed by atoms with Gasteiger partial charge in [0.25, 0.3) is 11.4 Å². The van der Waals surface area contributed by atoms with Gasteiger partial charge in [0.15, 0.2) is 12.8 Å². The van der Waals surface area contributed by atoms with Crippen molar-refractivity contribution in [1.82, 2.24) is 9.55 Å². The summed E-state index contributed by atoms with van der Waals surface area (Å²) in [6.07, 6.45) is -4.64. The van der Waals surface area contributed by atoms with Gasteiger partial charge >= 0.3 is 11.7 Å². The maximum absolute atomic E-state index is 14.9. The van der Waals surface area contributed by atoms with Crippen molar-refractivity contribution in [2.75, 3.05) is 6.61 Å². The largest absolute Gasteiger partial charge is 0.456 e. The molecular weight excluding hydrogens is 387 g/mol. The molecule has 0 unspecified atom stereocenters. The van der Waals surface area contributed by atoms with Crippen LogP contribution < -0.4 is 11.2 Å². The quantitative estimate of drug-likeness (QED) is 0.614. The average molecular weight is 401 g/mol. The second kappa shape index (κ2) is 7.24. The lowest BCUT2D eigenvalue weighted by molar-refractivity contribution is -0.207.